The van der Waals surface area contributed by atoms with Crippen molar-refractivity contribution in [2.45, 2.75) is 32.9 Å². The Morgan fingerprint density at radius 1 is 1.29 bits per heavy atom. The smallest absolute Gasteiger partial charge is 0.144 e. The summed E-state index contributed by atoms with van der Waals surface area (Å²) in [7, 11) is 0. The Balaban J connectivity index is 2.50. The molecule has 1 aromatic heterocycles. The van der Waals surface area contributed by atoms with E-state index in [1.165, 1.54) is 0 Å². The second-order valence-corrected chi connectivity index (χ2v) is 4.16. The SMILES string of the molecule is CCC(C)Nc1nc(CN)nc2ccccc12. The van der Waals surface area contributed by atoms with Crippen LogP contribution in [0.25, 0.3) is 10.9 Å². The fraction of sp³-hybridized carbons (Fsp3) is 0.385. The quantitative estimate of drug-likeness (QED) is 0.846. The molecule has 1 heterocycles. The van der Waals surface area contributed by atoms with Crippen LogP contribution in [-0.2, 0) is 6.54 Å². The van der Waals surface area contributed by atoms with E-state index in [0.29, 0.717) is 18.4 Å². The van der Waals surface area contributed by atoms with Gasteiger partial charge in [-0.1, -0.05) is 19.1 Å². The molecule has 0 aliphatic rings. The summed E-state index contributed by atoms with van der Waals surface area (Å²) in [5, 5.41) is 4.45. The van der Waals surface area contributed by atoms with E-state index >= 15 is 0 Å². The number of anilines is 1. The number of nitrogens with zero attached hydrogens (tertiary/aromatic N) is 2. The van der Waals surface area contributed by atoms with Crippen LogP contribution in [0.2, 0.25) is 0 Å². The molecule has 17 heavy (non-hydrogen) atoms. The van der Waals surface area contributed by atoms with Gasteiger partial charge in [0.2, 0.25) is 0 Å². The van der Waals surface area contributed by atoms with E-state index in [1.807, 2.05) is 24.3 Å². The Hall–Kier alpha value is -1.68. The first-order valence-corrected chi connectivity index (χ1v) is 5.96. The summed E-state index contributed by atoms with van der Waals surface area (Å²) in [4.78, 5) is 8.87. The average Bonchev–Trinajstić information content (AvgIpc) is 2.38. The maximum absolute atomic E-state index is 5.62. The second-order valence-electron chi connectivity index (χ2n) is 4.16. The van der Waals surface area contributed by atoms with Gasteiger partial charge in [0, 0.05) is 11.4 Å². The van der Waals surface area contributed by atoms with Crippen molar-refractivity contribution in [3.8, 4) is 0 Å². The fourth-order valence-corrected chi connectivity index (χ4v) is 1.66. The number of para-hydroxylation sites is 1. The first kappa shape index (κ1) is 11.8. The van der Waals surface area contributed by atoms with Gasteiger partial charge in [-0.3, -0.25) is 0 Å². The highest BCUT2D eigenvalue weighted by molar-refractivity contribution is 5.89. The van der Waals surface area contributed by atoms with E-state index in [2.05, 4.69) is 29.1 Å². The summed E-state index contributed by atoms with van der Waals surface area (Å²) in [6.45, 7) is 4.64. The minimum absolute atomic E-state index is 0.361. The first-order valence-electron chi connectivity index (χ1n) is 5.96. The highest BCUT2D eigenvalue weighted by Gasteiger charge is 2.08. The van der Waals surface area contributed by atoms with Crippen molar-refractivity contribution < 1.29 is 0 Å². The third-order valence-corrected chi connectivity index (χ3v) is 2.83. The zero-order valence-electron chi connectivity index (χ0n) is 10.3. The number of nitrogens with two attached hydrogens (primary N) is 1. The molecule has 2 rings (SSSR count). The summed E-state index contributed by atoms with van der Waals surface area (Å²) >= 11 is 0. The summed E-state index contributed by atoms with van der Waals surface area (Å²) in [5.41, 5.74) is 6.56. The molecule has 4 nitrogen and oxygen atoms in total. The molecule has 0 aliphatic heterocycles. The number of benzene rings is 1. The van der Waals surface area contributed by atoms with Crippen LogP contribution in [0.1, 0.15) is 26.1 Å². The fourth-order valence-electron chi connectivity index (χ4n) is 1.66. The van der Waals surface area contributed by atoms with Gasteiger partial charge in [-0.15, -0.1) is 0 Å². The Labute approximate surface area is 101 Å². The predicted molar refractivity (Wildman–Crippen MR) is 70.8 cm³/mol. The molecule has 1 atom stereocenters. The summed E-state index contributed by atoms with van der Waals surface area (Å²) < 4.78 is 0. The van der Waals surface area contributed by atoms with E-state index in [4.69, 9.17) is 5.73 Å². The predicted octanol–water partition coefficient (Wildman–Crippen LogP) is 2.30. The lowest BCUT2D eigenvalue weighted by Gasteiger charge is -2.14. The van der Waals surface area contributed by atoms with Crippen LogP contribution in [-0.4, -0.2) is 16.0 Å². The molecule has 0 saturated heterocycles. The molecule has 4 heteroatoms. The zero-order chi connectivity index (χ0) is 12.3. The van der Waals surface area contributed by atoms with Crippen LogP contribution in [0.5, 0.6) is 0 Å². The molecular weight excluding hydrogens is 212 g/mol. The van der Waals surface area contributed by atoms with Gasteiger partial charge in [-0.25, -0.2) is 9.97 Å². The number of nitrogens with one attached hydrogen (secondary N) is 1. The maximum atomic E-state index is 5.62. The molecule has 0 radical (unpaired) electrons. The number of hydrogen-bond acceptors (Lipinski definition) is 4. The van der Waals surface area contributed by atoms with Crippen molar-refractivity contribution in [1.82, 2.24) is 9.97 Å². The third-order valence-electron chi connectivity index (χ3n) is 2.83. The topological polar surface area (TPSA) is 63.8 Å². The molecule has 0 aliphatic carbocycles. The standard InChI is InChI=1S/C13H18N4/c1-3-9(2)15-13-10-6-4-5-7-11(10)16-12(8-14)17-13/h4-7,9H,3,8,14H2,1-2H3,(H,15,16,17). The lowest BCUT2D eigenvalue weighted by molar-refractivity contribution is 0.757. The first-order chi connectivity index (χ1) is 8.24. The lowest BCUT2D eigenvalue weighted by atomic mass is 10.2. The Morgan fingerprint density at radius 2 is 2.06 bits per heavy atom. The highest BCUT2D eigenvalue weighted by atomic mass is 15.1. The van der Waals surface area contributed by atoms with Crippen LogP contribution in [0.15, 0.2) is 24.3 Å². The maximum Gasteiger partial charge on any atom is 0.144 e. The summed E-state index contributed by atoms with van der Waals surface area (Å²) in [6.07, 6.45) is 1.05. The van der Waals surface area contributed by atoms with Crippen LogP contribution in [0.4, 0.5) is 5.82 Å². The molecular formula is C13H18N4. The Bertz CT molecular complexity index is 510. The van der Waals surface area contributed by atoms with Crippen LogP contribution < -0.4 is 11.1 Å². The van der Waals surface area contributed by atoms with Crippen molar-refractivity contribution >= 4 is 16.7 Å². The van der Waals surface area contributed by atoms with Gasteiger partial charge in [-0.2, -0.15) is 0 Å². The second kappa shape index (κ2) is 5.10. The molecule has 0 amide bonds. The van der Waals surface area contributed by atoms with Crippen molar-refractivity contribution in [3.05, 3.63) is 30.1 Å². The van der Waals surface area contributed by atoms with Crippen LogP contribution in [0.3, 0.4) is 0 Å². The molecule has 90 valence electrons. The molecule has 0 saturated carbocycles. The van der Waals surface area contributed by atoms with Gasteiger partial charge in [0.1, 0.15) is 11.6 Å². The van der Waals surface area contributed by atoms with Gasteiger partial charge in [0.25, 0.3) is 0 Å². The van der Waals surface area contributed by atoms with Crippen molar-refractivity contribution in [3.63, 3.8) is 0 Å². The normalized spacial score (nSPS) is 12.6. The van der Waals surface area contributed by atoms with E-state index < -0.39 is 0 Å². The molecule has 2 aromatic rings. The third kappa shape index (κ3) is 2.53. The number of aromatic nitrogens is 2. The van der Waals surface area contributed by atoms with E-state index in [0.717, 1.165) is 23.1 Å². The molecule has 0 spiro atoms. The van der Waals surface area contributed by atoms with Gasteiger partial charge in [-0.05, 0) is 25.5 Å². The van der Waals surface area contributed by atoms with Crippen LogP contribution >= 0.6 is 0 Å². The van der Waals surface area contributed by atoms with E-state index in [9.17, 15) is 0 Å². The monoisotopic (exact) mass is 230 g/mol. The zero-order valence-corrected chi connectivity index (χ0v) is 10.3. The molecule has 1 unspecified atom stereocenters. The van der Waals surface area contributed by atoms with Gasteiger partial charge < -0.3 is 11.1 Å². The van der Waals surface area contributed by atoms with Gasteiger partial charge in [0.15, 0.2) is 0 Å². The minimum Gasteiger partial charge on any atom is -0.367 e. The summed E-state index contributed by atoms with van der Waals surface area (Å²) in [5.74, 6) is 1.56. The highest BCUT2D eigenvalue weighted by Crippen LogP contribution is 2.20. The largest absolute Gasteiger partial charge is 0.367 e. The number of rotatable bonds is 4. The van der Waals surface area contributed by atoms with Crippen molar-refractivity contribution in [1.29, 1.82) is 0 Å². The number of fused-ring (bicyclic) bond motifs is 1. The minimum atomic E-state index is 0.361. The lowest BCUT2D eigenvalue weighted by Crippen LogP contribution is -2.16. The average molecular weight is 230 g/mol. The van der Waals surface area contributed by atoms with E-state index in [-0.39, 0.29) is 0 Å². The number of hydrogen-bond donors (Lipinski definition) is 2. The van der Waals surface area contributed by atoms with Gasteiger partial charge >= 0.3 is 0 Å². The molecule has 1 aromatic carbocycles. The molecule has 3 N–H and O–H groups in total. The Kier molecular flexibility index (Phi) is 3.54. The van der Waals surface area contributed by atoms with Crippen LogP contribution in [0, 0.1) is 0 Å². The molecule has 0 fully saturated rings. The van der Waals surface area contributed by atoms with Gasteiger partial charge in [0.05, 0.1) is 12.1 Å². The van der Waals surface area contributed by atoms with Crippen molar-refractivity contribution in [2.75, 3.05) is 5.32 Å². The Morgan fingerprint density at radius 3 is 2.76 bits per heavy atom. The van der Waals surface area contributed by atoms with Crippen molar-refractivity contribution in [2.24, 2.45) is 5.73 Å². The summed E-state index contributed by atoms with van der Waals surface area (Å²) in [6, 6.07) is 8.37. The van der Waals surface area contributed by atoms with E-state index in [1.54, 1.807) is 0 Å². The molecule has 0 bridgehead atoms.